The van der Waals surface area contributed by atoms with E-state index in [1.165, 1.54) is 32.3 Å². The Bertz CT molecular complexity index is 794. The average Bonchev–Trinajstić information content (AvgIpc) is 2.55. The number of benzene rings is 3. The first-order valence-electron chi connectivity index (χ1n) is 7.92. The second kappa shape index (κ2) is 5.27. The Labute approximate surface area is 136 Å². The molecule has 1 heteroatoms. The molecule has 0 nitrogen and oxygen atoms in total. The Kier molecular flexibility index (Phi) is 3.37. The predicted molar refractivity (Wildman–Crippen MR) is 98.1 cm³/mol. The summed E-state index contributed by atoms with van der Waals surface area (Å²) in [5.41, 5.74) is 6.73. The summed E-state index contributed by atoms with van der Waals surface area (Å²) >= 11 is -2.25. The van der Waals surface area contributed by atoms with Crippen LogP contribution in [0.15, 0.2) is 72.8 Å². The van der Waals surface area contributed by atoms with E-state index in [9.17, 15) is 0 Å². The molecule has 8 rings (SSSR count). The number of fused-ring (bicyclic) bond motifs is 1. The standard InChI is InChI=1S/C19H14.2CH3.Sn/c1-15-7-9-17(10-8-15)19-13-11-18(12-14-19)16-5-3-2-4-6-16;;;/h3-14H,1H2;2*1H3;. The van der Waals surface area contributed by atoms with E-state index in [1.807, 2.05) is 0 Å². The molecule has 22 heavy (non-hydrogen) atoms. The van der Waals surface area contributed by atoms with Crippen LogP contribution in [0.25, 0.3) is 22.3 Å². The van der Waals surface area contributed by atoms with Crippen LogP contribution in [0.1, 0.15) is 5.56 Å². The molecular formula is C21H20Sn. The summed E-state index contributed by atoms with van der Waals surface area (Å²) in [5, 5.41) is 0. The van der Waals surface area contributed by atoms with Crippen molar-refractivity contribution in [1.82, 2.24) is 0 Å². The van der Waals surface area contributed by atoms with Crippen LogP contribution in [0, 0.1) is 0 Å². The van der Waals surface area contributed by atoms with E-state index in [4.69, 9.17) is 0 Å². The van der Waals surface area contributed by atoms with Gasteiger partial charge in [0, 0.05) is 0 Å². The molecule has 0 unspecified atom stereocenters. The molecule has 6 bridgehead atoms. The van der Waals surface area contributed by atoms with Gasteiger partial charge in [-0.25, -0.2) is 0 Å². The third kappa shape index (κ3) is 2.50. The molecule has 0 saturated heterocycles. The fourth-order valence-electron chi connectivity index (χ4n) is 3.40. The molecular weight excluding hydrogens is 371 g/mol. The Balaban J connectivity index is 1.95. The van der Waals surface area contributed by atoms with Crippen molar-refractivity contribution < 1.29 is 0 Å². The Morgan fingerprint density at radius 2 is 0.909 bits per heavy atom. The van der Waals surface area contributed by atoms with E-state index in [2.05, 4.69) is 82.7 Å². The SMILES string of the molecule is [CH3][Sn]1([CH3])[CH2]c2ccc(cc2)-c2ccc(cc2)-c2cc[c]1cc2. The third-order valence-electron chi connectivity index (χ3n) is 4.82. The molecule has 0 atom stereocenters. The molecule has 0 N–H and O–H groups in total. The summed E-state index contributed by atoms with van der Waals surface area (Å²) in [6, 6.07) is 27.5. The van der Waals surface area contributed by atoms with Crippen LogP contribution in [0.5, 0.6) is 0 Å². The maximum absolute atomic E-state index is 2.54. The van der Waals surface area contributed by atoms with Crippen LogP contribution < -0.4 is 3.58 Å². The molecule has 5 aliphatic rings. The van der Waals surface area contributed by atoms with E-state index in [0.29, 0.717) is 0 Å². The van der Waals surface area contributed by atoms with E-state index >= 15 is 0 Å². The van der Waals surface area contributed by atoms with Gasteiger partial charge in [-0.1, -0.05) is 0 Å². The molecule has 5 heterocycles. The zero-order valence-corrected chi connectivity index (χ0v) is 16.0. The minimum absolute atomic E-state index is 1.27. The molecule has 0 aromatic heterocycles. The van der Waals surface area contributed by atoms with Crippen molar-refractivity contribution in [1.29, 1.82) is 0 Å². The van der Waals surface area contributed by atoms with Crippen LogP contribution in [-0.2, 0) is 4.44 Å². The van der Waals surface area contributed by atoms with Crippen LogP contribution in [0.2, 0.25) is 9.88 Å². The van der Waals surface area contributed by atoms with E-state index in [1.54, 1.807) is 3.58 Å². The average molecular weight is 391 g/mol. The van der Waals surface area contributed by atoms with Crippen molar-refractivity contribution in [3.05, 3.63) is 78.4 Å². The van der Waals surface area contributed by atoms with Crippen LogP contribution in [-0.4, -0.2) is 18.4 Å². The molecule has 108 valence electrons. The molecule has 0 radical (unpaired) electrons. The number of hydrogen-bond acceptors (Lipinski definition) is 0. The summed E-state index contributed by atoms with van der Waals surface area (Å²) in [5.74, 6) is 0. The van der Waals surface area contributed by atoms with Crippen molar-refractivity contribution in [2.24, 2.45) is 0 Å². The summed E-state index contributed by atoms with van der Waals surface area (Å²) < 4.78 is 2.88. The third-order valence-corrected chi connectivity index (χ3v) is 13.9. The van der Waals surface area contributed by atoms with Gasteiger partial charge in [0.15, 0.2) is 0 Å². The Hall–Kier alpha value is -1.54. The number of rotatable bonds is 0. The topological polar surface area (TPSA) is 0 Å². The molecule has 3 aromatic carbocycles. The van der Waals surface area contributed by atoms with Gasteiger partial charge >= 0.3 is 137 Å². The van der Waals surface area contributed by atoms with Crippen molar-refractivity contribution >= 4 is 22.0 Å². The van der Waals surface area contributed by atoms with Gasteiger partial charge in [0.05, 0.1) is 0 Å². The van der Waals surface area contributed by atoms with Crippen molar-refractivity contribution in [3.63, 3.8) is 0 Å². The van der Waals surface area contributed by atoms with Gasteiger partial charge in [0.25, 0.3) is 0 Å². The van der Waals surface area contributed by atoms with Gasteiger partial charge in [-0.15, -0.1) is 0 Å². The molecule has 5 aliphatic heterocycles. The molecule has 0 fully saturated rings. The Morgan fingerprint density at radius 1 is 0.545 bits per heavy atom. The maximum atomic E-state index is 2.54. The molecule has 3 aromatic rings. The van der Waals surface area contributed by atoms with E-state index < -0.39 is 18.4 Å². The van der Waals surface area contributed by atoms with E-state index in [-0.39, 0.29) is 0 Å². The molecule has 0 amide bonds. The summed E-state index contributed by atoms with van der Waals surface area (Å²) in [4.78, 5) is 5.08. The fourth-order valence-corrected chi connectivity index (χ4v) is 10.6. The Morgan fingerprint density at radius 3 is 1.36 bits per heavy atom. The second-order valence-corrected chi connectivity index (χ2v) is 20.3. The van der Waals surface area contributed by atoms with Gasteiger partial charge in [0.2, 0.25) is 0 Å². The minimum atomic E-state index is -2.25. The van der Waals surface area contributed by atoms with Gasteiger partial charge in [-0.05, 0) is 0 Å². The first kappa shape index (κ1) is 14.1. The molecule has 0 spiro atoms. The van der Waals surface area contributed by atoms with Crippen molar-refractivity contribution in [2.75, 3.05) is 0 Å². The van der Waals surface area contributed by atoms with Crippen molar-refractivity contribution in [3.8, 4) is 22.3 Å². The first-order valence-corrected chi connectivity index (χ1v) is 17.1. The van der Waals surface area contributed by atoms with Gasteiger partial charge < -0.3 is 0 Å². The monoisotopic (exact) mass is 392 g/mol. The van der Waals surface area contributed by atoms with Gasteiger partial charge in [-0.3, -0.25) is 0 Å². The van der Waals surface area contributed by atoms with Crippen LogP contribution >= 0.6 is 0 Å². The van der Waals surface area contributed by atoms with Crippen LogP contribution in [0.4, 0.5) is 0 Å². The summed E-state index contributed by atoms with van der Waals surface area (Å²) in [6.07, 6.45) is 0. The van der Waals surface area contributed by atoms with Crippen LogP contribution in [0.3, 0.4) is 0 Å². The van der Waals surface area contributed by atoms with Gasteiger partial charge in [0.1, 0.15) is 0 Å². The second-order valence-electron chi connectivity index (χ2n) is 6.91. The summed E-state index contributed by atoms with van der Waals surface area (Å²) in [7, 11) is 0. The summed E-state index contributed by atoms with van der Waals surface area (Å²) in [6.45, 7) is 0. The molecule has 0 aliphatic carbocycles. The van der Waals surface area contributed by atoms with E-state index in [0.717, 1.165) is 0 Å². The first-order chi connectivity index (χ1) is 10.6. The zero-order valence-electron chi connectivity index (χ0n) is 13.1. The van der Waals surface area contributed by atoms with Gasteiger partial charge in [-0.2, -0.15) is 0 Å². The molecule has 0 saturated carbocycles. The zero-order chi connectivity index (χ0) is 15.2. The normalized spacial score (nSPS) is 15.0. The fraction of sp³-hybridized carbons (Fsp3) is 0.143. The quantitative estimate of drug-likeness (QED) is 0.472. The van der Waals surface area contributed by atoms with Crippen molar-refractivity contribution in [2.45, 2.75) is 14.3 Å². The predicted octanol–water partition coefficient (Wildman–Crippen LogP) is 5.03. The number of hydrogen-bond donors (Lipinski definition) is 0.